The van der Waals surface area contributed by atoms with Crippen LogP contribution in [0.5, 0.6) is 0 Å². The first-order chi connectivity index (χ1) is 15.5. The standard InChI is InChI=1S/C21H38N.C6H6O3S/c1-2-3-4-5-6-7-8-9-10-11-12-13-14-16-19-22-20-17-15-18-21-22;7-10(8,9)6-4-2-1-3-5-6/h15,17-18,20-21H,2-14,16,19H2,1H3;1-5H,(H,7,8,9)/q+1;/p-1. The van der Waals surface area contributed by atoms with Crippen LogP contribution in [0.3, 0.4) is 0 Å². The molecule has 1 aromatic carbocycles. The third-order valence-electron chi connectivity index (χ3n) is 5.58. The highest BCUT2D eigenvalue weighted by Gasteiger charge is 1.98. The molecule has 0 unspecified atom stereocenters. The molecule has 0 radical (unpaired) electrons. The van der Waals surface area contributed by atoms with Gasteiger partial charge in [0.1, 0.15) is 16.7 Å². The number of hydrogen-bond donors (Lipinski definition) is 0. The molecule has 0 fully saturated rings. The van der Waals surface area contributed by atoms with E-state index in [-0.39, 0.29) is 4.90 Å². The first kappa shape index (κ1) is 28.3. The van der Waals surface area contributed by atoms with Crippen molar-refractivity contribution < 1.29 is 17.5 Å². The molecule has 0 aliphatic carbocycles. The van der Waals surface area contributed by atoms with Gasteiger partial charge in [0.25, 0.3) is 0 Å². The summed E-state index contributed by atoms with van der Waals surface area (Å²) in [4.78, 5) is -0.185. The van der Waals surface area contributed by atoms with Crippen LogP contribution in [0.25, 0.3) is 0 Å². The van der Waals surface area contributed by atoms with Crippen LogP contribution < -0.4 is 4.57 Å². The summed E-state index contributed by atoms with van der Waals surface area (Å²) >= 11 is 0. The van der Waals surface area contributed by atoms with Crippen molar-refractivity contribution in [3.05, 3.63) is 60.9 Å². The molecule has 180 valence electrons. The first-order valence-corrected chi connectivity index (χ1v) is 13.9. The molecule has 0 amide bonds. The molecular formula is C27H43NO3S. The van der Waals surface area contributed by atoms with E-state index in [1.807, 2.05) is 0 Å². The Balaban J connectivity index is 0.000000425. The molecule has 0 bridgehead atoms. The number of unbranched alkanes of at least 4 members (excludes halogenated alkanes) is 13. The molecule has 5 heteroatoms. The normalized spacial score (nSPS) is 11.1. The summed E-state index contributed by atoms with van der Waals surface area (Å²) in [6.07, 6.45) is 24.4. The summed E-state index contributed by atoms with van der Waals surface area (Å²) in [5.74, 6) is 0. The summed E-state index contributed by atoms with van der Waals surface area (Å²) in [6.45, 7) is 3.47. The second-order valence-electron chi connectivity index (χ2n) is 8.48. The number of aryl methyl sites for hydroxylation is 1. The van der Waals surface area contributed by atoms with Gasteiger partial charge in [-0.05, 0) is 18.6 Å². The molecule has 32 heavy (non-hydrogen) atoms. The van der Waals surface area contributed by atoms with Gasteiger partial charge < -0.3 is 4.55 Å². The van der Waals surface area contributed by atoms with Crippen molar-refractivity contribution in [2.24, 2.45) is 0 Å². The van der Waals surface area contributed by atoms with Gasteiger partial charge in [-0.3, -0.25) is 0 Å². The molecular weight excluding hydrogens is 418 g/mol. The van der Waals surface area contributed by atoms with Crippen molar-refractivity contribution in [1.29, 1.82) is 0 Å². The van der Waals surface area contributed by atoms with Gasteiger partial charge in [-0.1, -0.05) is 108 Å². The minimum absolute atomic E-state index is 0.185. The minimum atomic E-state index is -4.25. The lowest BCUT2D eigenvalue weighted by Crippen LogP contribution is -2.32. The van der Waals surface area contributed by atoms with E-state index in [0.29, 0.717) is 0 Å². The summed E-state index contributed by atoms with van der Waals surface area (Å²) in [5, 5.41) is 0. The summed E-state index contributed by atoms with van der Waals surface area (Å²) < 4.78 is 33.1. The van der Waals surface area contributed by atoms with Gasteiger partial charge in [0.05, 0.1) is 4.90 Å². The fourth-order valence-electron chi connectivity index (χ4n) is 3.66. The van der Waals surface area contributed by atoms with Gasteiger partial charge >= 0.3 is 0 Å². The van der Waals surface area contributed by atoms with Gasteiger partial charge in [-0.25, -0.2) is 13.0 Å². The largest absolute Gasteiger partial charge is 0.744 e. The molecule has 1 aromatic heterocycles. The van der Waals surface area contributed by atoms with Crippen molar-refractivity contribution in [3.63, 3.8) is 0 Å². The summed E-state index contributed by atoms with van der Waals surface area (Å²) in [6, 6.07) is 13.5. The maximum Gasteiger partial charge on any atom is 0.168 e. The third kappa shape index (κ3) is 16.0. The molecule has 4 nitrogen and oxygen atoms in total. The Kier molecular flexibility index (Phi) is 16.6. The van der Waals surface area contributed by atoms with E-state index in [0.717, 1.165) is 0 Å². The Morgan fingerprint density at radius 1 is 0.625 bits per heavy atom. The van der Waals surface area contributed by atoms with Crippen molar-refractivity contribution in [2.45, 2.75) is 108 Å². The molecule has 0 atom stereocenters. The van der Waals surface area contributed by atoms with E-state index in [2.05, 4.69) is 42.1 Å². The van der Waals surface area contributed by atoms with E-state index in [9.17, 15) is 13.0 Å². The third-order valence-corrected chi connectivity index (χ3v) is 6.43. The minimum Gasteiger partial charge on any atom is -0.744 e. The Morgan fingerprint density at radius 2 is 1.03 bits per heavy atom. The molecule has 1 heterocycles. The lowest BCUT2D eigenvalue weighted by atomic mass is 10.0. The molecule has 2 rings (SSSR count). The monoisotopic (exact) mass is 461 g/mol. The Hall–Kier alpha value is -1.72. The average molecular weight is 462 g/mol. The van der Waals surface area contributed by atoms with Crippen LogP contribution in [0.4, 0.5) is 0 Å². The molecule has 0 N–H and O–H groups in total. The molecule has 0 aliphatic rings. The van der Waals surface area contributed by atoms with Gasteiger partial charge in [0.2, 0.25) is 0 Å². The van der Waals surface area contributed by atoms with Crippen molar-refractivity contribution in [1.82, 2.24) is 0 Å². The number of nitrogens with zero attached hydrogens (tertiary/aromatic N) is 1. The maximum absolute atomic E-state index is 10.3. The predicted molar refractivity (Wildman–Crippen MR) is 131 cm³/mol. The highest BCUT2D eigenvalue weighted by atomic mass is 32.2. The van der Waals surface area contributed by atoms with Gasteiger partial charge in [-0.2, -0.15) is 0 Å². The SMILES string of the molecule is CCCCCCCCCCCCCCCC[n+]1ccccc1.O=S(=O)([O-])c1ccccc1. The molecule has 2 aromatic rings. The van der Waals surface area contributed by atoms with Gasteiger partial charge in [0, 0.05) is 18.6 Å². The van der Waals surface area contributed by atoms with E-state index >= 15 is 0 Å². The van der Waals surface area contributed by atoms with Crippen molar-refractivity contribution in [3.8, 4) is 0 Å². The summed E-state index contributed by atoms with van der Waals surface area (Å²) in [5.41, 5.74) is 0. The first-order valence-electron chi connectivity index (χ1n) is 12.5. The number of pyridine rings is 1. The molecule has 0 saturated carbocycles. The smallest absolute Gasteiger partial charge is 0.168 e. The zero-order valence-corrected chi connectivity index (χ0v) is 20.8. The van der Waals surface area contributed by atoms with Crippen molar-refractivity contribution in [2.75, 3.05) is 0 Å². The molecule has 0 saturated heterocycles. The fourth-order valence-corrected chi connectivity index (χ4v) is 4.15. The van der Waals surface area contributed by atoms with Crippen molar-refractivity contribution >= 4 is 10.1 Å². The van der Waals surface area contributed by atoms with E-state index in [1.165, 1.54) is 121 Å². The maximum atomic E-state index is 10.3. The van der Waals surface area contributed by atoms with Gasteiger partial charge in [0.15, 0.2) is 12.4 Å². The van der Waals surface area contributed by atoms with Gasteiger partial charge in [-0.15, -0.1) is 0 Å². The molecule has 0 aliphatic heterocycles. The number of benzene rings is 1. The lowest BCUT2D eigenvalue weighted by Gasteiger charge is -2.04. The quantitative estimate of drug-likeness (QED) is 0.153. The number of aromatic nitrogens is 1. The topological polar surface area (TPSA) is 61.1 Å². The number of hydrogen-bond acceptors (Lipinski definition) is 3. The molecule has 0 spiro atoms. The van der Waals surface area contributed by atoms with Crippen LogP contribution in [0, 0.1) is 0 Å². The lowest BCUT2D eigenvalue weighted by molar-refractivity contribution is -0.697. The van der Waals surface area contributed by atoms with E-state index < -0.39 is 10.1 Å². The van der Waals surface area contributed by atoms with E-state index in [1.54, 1.807) is 6.07 Å². The van der Waals surface area contributed by atoms with Crippen LogP contribution in [0.15, 0.2) is 65.8 Å². The Morgan fingerprint density at radius 3 is 1.44 bits per heavy atom. The van der Waals surface area contributed by atoms with Crippen LogP contribution in [-0.4, -0.2) is 13.0 Å². The average Bonchev–Trinajstić information content (AvgIpc) is 2.80. The Labute approximate surface area is 196 Å². The summed E-state index contributed by atoms with van der Waals surface area (Å²) in [7, 11) is -4.25. The second-order valence-corrected chi connectivity index (χ2v) is 9.86. The zero-order valence-electron chi connectivity index (χ0n) is 20.0. The number of rotatable bonds is 16. The highest BCUT2D eigenvalue weighted by Crippen LogP contribution is 2.12. The van der Waals surface area contributed by atoms with Crippen LogP contribution in [0.1, 0.15) is 96.8 Å². The Bertz CT molecular complexity index is 764. The fraction of sp³-hybridized carbons (Fsp3) is 0.593. The van der Waals surface area contributed by atoms with Crippen LogP contribution in [0.2, 0.25) is 0 Å². The van der Waals surface area contributed by atoms with E-state index in [4.69, 9.17) is 0 Å². The van der Waals surface area contributed by atoms with Crippen LogP contribution in [-0.2, 0) is 16.7 Å². The predicted octanol–water partition coefficient (Wildman–Crippen LogP) is 7.05. The van der Waals surface area contributed by atoms with Crippen LogP contribution >= 0.6 is 0 Å². The zero-order chi connectivity index (χ0) is 23.3. The highest BCUT2D eigenvalue weighted by molar-refractivity contribution is 7.85. The second kappa shape index (κ2) is 18.8.